The summed E-state index contributed by atoms with van der Waals surface area (Å²) < 4.78 is 27.3. The molecule has 1 heterocycles. The highest BCUT2D eigenvalue weighted by Gasteiger charge is 2.11. The van der Waals surface area contributed by atoms with E-state index in [1.54, 1.807) is 18.3 Å². The Morgan fingerprint density at radius 1 is 1.32 bits per heavy atom. The minimum absolute atomic E-state index is 0.0467. The van der Waals surface area contributed by atoms with Crippen LogP contribution in [0.5, 0.6) is 0 Å². The number of benzene rings is 1. The third kappa shape index (κ3) is 2.86. The molecule has 0 aliphatic rings. The SMILES string of the molecule is Cc1cccnc1CNc1c(F)cc(C#N)cc1F. The van der Waals surface area contributed by atoms with E-state index in [2.05, 4.69) is 10.3 Å². The van der Waals surface area contributed by atoms with Crippen LogP contribution in [0.15, 0.2) is 30.5 Å². The number of nitriles is 1. The summed E-state index contributed by atoms with van der Waals surface area (Å²) in [6.45, 7) is 2.09. The van der Waals surface area contributed by atoms with Gasteiger partial charge in [0.05, 0.1) is 23.9 Å². The predicted octanol–water partition coefficient (Wildman–Crippen LogP) is 3.15. The van der Waals surface area contributed by atoms with Gasteiger partial charge in [0, 0.05) is 6.20 Å². The lowest BCUT2D eigenvalue weighted by Crippen LogP contribution is -2.07. The molecule has 96 valence electrons. The van der Waals surface area contributed by atoms with E-state index in [0.29, 0.717) is 5.69 Å². The Morgan fingerprint density at radius 3 is 2.58 bits per heavy atom. The van der Waals surface area contributed by atoms with E-state index in [0.717, 1.165) is 17.7 Å². The Bertz CT molecular complexity index is 624. The summed E-state index contributed by atoms with van der Waals surface area (Å²) in [5, 5.41) is 11.3. The molecule has 0 amide bonds. The molecule has 1 aromatic heterocycles. The van der Waals surface area contributed by atoms with E-state index >= 15 is 0 Å². The molecule has 0 fully saturated rings. The fourth-order valence-corrected chi connectivity index (χ4v) is 1.68. The molecule has 2 rings (SSSR count). The highest BCUT2D eigenvalue weighted by molar-refractivity contribution is 5.50. The van der Waals surface area contributed by atoms with Gasteiger partial charge in [-0.05, 0) is 30.7 Å². The number of pyridine rings is 1. The van der Waals surface area contributed by atoms with Crippen LogP contribution in [-0.4, -0.2) is 4.98 Å². The first-order valence-corrected chi connectivity index (χ1v) is 5.65. The van der Waals surface area contributed by atoms with Crippen LogP contribution >= 0.6 is 0 Å². The van der Waals surface area contributed by atoms with Crippen molar-refractivity contribution in [2.24, 2.45) is 0 Å². The minimum atomic E-state index is -0.787. The van der Waals surface area contributed by atoms with Gasteiger partial charge in [0.2, 0.25) is 0 Å². The summed E-state index contributed by atoms with van der Waals surface area (Å²) in [6, 6.07) is 7.36. The zero-order valence-corrected chi connectivity index (χ0v) is 10.2. The Kier molecular flexibility index (Phi) is 3.71. The molecule has 1 aromatic carbocycles. The van der Waals surface area contributed by atoms with Crippen LogP contribution in [-0.2, 0) is 6.54 Å². The summed E-state index contributed by atoms with van der Waals surface area (Å²) in [7, 11) is 0. The fourth-order valence-electron chi connectivity index (χ4n) is 1.68. The van der Waals surface area contributed by atoms with Gasteiger partial charge < -0.3 is 5.32 Å². The van der Waals surface area contributed by atoms with Crippen LogP contribution in [0.25, 0.3) is 0 Å². The number of aromatic nitrogens is 1. The minimum Gasteiger partial charge on any atom is -0.375 e. The number of nitrogens with zero attached hydrogens (tertiary/aromatic N) is 2. The molecule has 0 spiro atoms. The second-order valence-corrected chi connectivity index (χ2v) is 4.05. The highest BCUT2D eigenvalue weighted by Crippen LogP contribution is 2.21. The second-order valence-electron chi connectivity index (χ2n) is 4.05. The molecule has 0 bridgehead atoms. The number of hydrogen-bond donors (Lipinski definition) is 1. The summed E-state index contributed by atoms with van der Waals surface area (Å²) in [5.41, 5.74) is 1.36. The predicted molar refractivity (Wildman–Crippen MR) is 67.4 cm³/mol. The number of halogens is 2. The smallest absolute Gasteiger partial charge is 0.150 e. The maximum absolute atomic E-state index is 13.6. The van der Waals surface area contributed by atoms with Crippen molar-refractivity contribution in [3.63, 3.8) is 0 Å². The van der Waals surface area contributed by atoms with Crippen LogP contribution in [0, 0.1) is 29.9 Å². The molecule has 19 heavy (non-hydrogen) atoms. The molecule has 3 nitrogen and oxygen atoms in total. The van der Waals surface area contributed by atoms with Gasteiger partial charge >= 0.3 is 0 Å². The third-order valence-corrected chi connectivity index (χ3v) is 2.72. The first-order valence-electron chi connectivity index (χ1n) is 5.65. The molecule has 0 unspecified atom stereocenters. The Hall–Kier alpha value is -2.48. The van der Waals surface area contributed by atoms with Gasteiger partial charge in [-0.1, -0.05) is 6.07 Å². The molecular weight excluding hydrogens is 248 g/mol. The first-order chi connectivity index (χ1) is 9.11. The number of hydrogen-bond acceptors (Lipinski definition) is 3. The Balaban J connectivity index is 2.21. The molecule has 0 aliphatic carbocycles. The molecule has 0 radical (unpaired) electrons. The van der Waals surface area contributed by atoms with E-state index in [-0.39, 0.29) is 17.8 Å². The van der Waals surface area contributed by atoms with Crippen LogP contribution in [0.2, 0.25) is 0 Å². The average Bonchev–Trinajstić information content (AvgIpc) is 2.39. The van der Waals surface area contributed by atoms with Crippen LogP contribution < -0.4 is 5.32 Å². The van der Waals surface area contributed by atoms with Crippen LogP contribution in [0.4, 0.5) is 14.5 Å². The number of rotatable bonds is 3. The van der Waals surface area contributed by atoms with Crippen LogP contribution in [0.1, 0.15) is 16.8 Å². The van der Waals surface area contributed by atoms with E-state index < -0.39 is 11.6 Å². The molecule has 0 atom stereocenters. The van der Waals surface area contributed by atoms with Gasteiger partial charge in [0.25, 0.3) is 0 Å². The largest absolute Gasteiger partial charge is 0.375 e. The van der Waals surface area contributed by atoms with E-state index in [9.17, 15) is 8.78 Å². The Labute approximate surface area is 109 Å². The van der Waals surface area contributed by atoms with Crippen molar-refractivity contribution in [1.29, 1.82) is 5.26 Å². The summed E-state index contributed by atoms with van der Waals surface area (Å²) >= 11 is 0. The molecule has 0 saturated carbocycles. The number of aryl methyl sites for hydroxylation is 1. The van der Waals surface area contributed by atoms with E-state index in [1.807, 2.05) is 13.0 Å². The monoisotopic (exact) mass is 259 g/mol. The van der Waals surface area contributed by atoms with Gasteiger partial charge in [-0.25, -0.2) is 8.78 Å². The topological polar surface area (TPSA) is 48.7 Å². The fraction of sp³-hybridized carbons (Fsp3) is 0.143. The maximum atomic E-state index is 13.6. The van der Waals surface area contributed by atoms with Crippen molar-refractivity contribution < 1.29 is 8.78 Å². The maximum Gasteiger partial charge on any atom is 0.150 e. The number of anilines is 1. The summed E-state index contributed by atoms with van der Waals surface area (Å²) in [4.78, 5) is 4.13. The second kappa shape index (κ2) is 5.44. The highest BCUT2D eigenvalue weighted by atomic mass is 19.1. The van der Waals surface area contributed by atoms with Crippen molar-refractivity contribution in [3.8, 4) is 6.07 Å². The zero-order chi connectivity index (χ0) is 13.8. The van der Waals surface area contributed by atoms with E-state index in [4.69, 9.17) is 5.26 Å². The zero-order valence-electron chi connectivity index (χ0n) is 10.2. The molecule has 0 saturated heterocycles. The van der Waals surface area contributed by atoms with Gasteiger partial charge in [0.15, 0.2) is 11.6 Å². The van der Waals surface area contributed by atoms with Crippen molar-refractivity contribution in [2.75, 3.05) is 5.32 Å². The quantitative estimate of drug-likeness (QED) is 0.921. The molecule has 1 N–H and O–H groups in total. The van der Waals surface area contributed by atoms with Crippen molar-refractivity contribution >= 4 is 5.69 Å². The van der Waals surface area contributed by atoms with Crippen molar-refractivity contribution in [3.05, 3.63) is 58.9 Å². The lowest BCUT2D eigenvalue weighted by Gasteiger charge is -2.10. The molecule has 5 heteroatoms. The average molecular weight is 259 g/mol. The number of nitrogens with one attached hydrogen (secondary N) is 1. The molecule has 0 aliphatic heterocycles. The van der Waals surface area contributed by atoms with Gasteiger partial charge in [-0.2, -0.15) is 5.26 Å². The third-order valence-electron chi connectivity index (χ3n) is 2.72. The van der Waals surface area contributed by atoms with Gasteiger partial charge in [-0.15, -0.1) is 0 Å². The van der Waals surface area contributed by atoms with Crippen molar-refractivity contribution in [1.82, 2.24) is 4.98 Å². The van der Waals surface area contributed by atoms with Crippen molar-refractivity contribution in [2.45, 2.75) is 13.5 Å². The normalized spacial score (nSPS) is 10.0. The first kappa shape index (κ1) is 13.0. The lowest BCUT2D eigenvalue weighted by atomic mass is 10.2. The van der Waals surface area contributed by atoms with Gasteiger partial charge in [-0.3, -0.25) is 4.98 Å². The summed E-state index contributed by atoms with van der Waals surface area (Å²) in [5.74, 6) is -1.57. The van der Waals surface area contributed by atoms with Crippen LogP contribution in [0.3, 0.4) is 0 Å². The van der Waals surface area contributed by atoms with E-state index in [1.165, 1.54) is 0 Å². The summed E-state index contributed by atoms with van der Waals surface area (Å²) in [6.07, 6.45) is 1.62. The van der Waals surface area contributed by atoms with Gasteiger partial charge in [0.1, 0.15) is 5.69 Å². The lowest BCUT2D eigenvalue weighted by molar-refractivity contribution is 0.587. The molecular formula is C14H11F2N3. The molecule has 2 aromatic rings. The standard InChI is InChI=1S/C14H11F2N3/c1-9-3-2-4-18-13(9)8-19-14-11(15)5-10(7-17)6-12(14)16/h2-6,19H,8H2,1H3. The Morgan fingerprint density at radius 2 is 2.00 bits per heavy atom.